The van der Waals surface area contributed by atoms with E-state index in [1.54, 1.807) is 0 Å². The van der Waals surface area contributed by atoms with Gasteiger partial charge in [0.2, 0.25) is 0 Å². The molecule has 0 aliphatic heterocycles. The molecule has 1 nitrogen and oxygen atoms in total. The highest BCUT2D eigenvalue weighted by Crippen LogP contribution is 2.52. The van der Waals surface area contributed by atoms with Crippen LogP contribution in [0.15, 0.2) is 158 Å². The number of rotatable bonds is 5. The van der Waals surface area contributed by atoms with Gasteiger partial charge in [0.15, 0.2) is 0 Å². The lowest BCUT2D eigenvalue weighted by molar-refractivity contribution is 0.660. The normalized spacial score (nSPS) is 13.0. The zero-order valence-corrected chi connectivity index (χ0v) is 25.0. The number of hydrogen-bond acceptors (Lipinski definition) is 1. The molecule has 1 aliphatic carbocycles. The van der Waals surface area contributed by atoms with Crippen molar-refractivity contribution in [2.75, 3.05) is 5.32 Å². The van der Waals surface area contributed by atoms with E-state index in [0.717, 1.165) is 11.4 Å². The summed E-state index contributed by atoms with van der Waals surface area (Å²) in [6.45, 7) is 4.67. The van der Waals surface area contributed by atoms with E-state index in [1.165, 1.54) is 66.4 Å². The molecule has 8 rings (SSSR count). The maximum atomic E-state index is 3.67. The van der Waals surface area contributed by atoms with Crippen LogP contribution in [-0.4, -0.2) is 0 Å². The summed E-state index contributed by atoms with van der Waals surface area (Å²) in [4.78, 5) is 0. The Hall–Kier alpha value is -5.40. The second-order valence-electron chi connectivity index (χ2n) is 12.3. The molecule has 0 atom stereocenters. The third-order valence-corrected chi connectivity index (χ3v) is 9.26. The molecule has 0 saturated carbocycles. The topological polar surface area (TPSA) is 12.0 Å². The number of anilines is 2. The van der Waals surface area contributed by atoms with E-state index < -0.39 is 0 Å². The minimum Gasteiger partial charge on any atom is -0.356 e. The van der Waals surface area contributed by atoms with Crippen molar-refractivity contribution < 1.29 is 0 Å². The third-order valence-electron chi connectivity index (χ3n) is 9.26. The molecule has 0 amide bonds. The van der Waals surface area contributed by atoms with Crippen LogP contribution >= 0.6 is 0 Å². The summed E-state index contributed by atoms with van der Waals surface area (Å²) < 4.78 is 0. The highest BCUT2D eigenvalue weighted by molar-refractivity contribution is 6.06. The molecular weight excluding hydrogens is 530 g/mol. The maximum Gasteiger partial charge on any atom is 0.0390 e. The van der Waals surface area contributed by atoms with E-state index in [-0.39, 0.29) is 5.41 Å². The van der Waals surface area contributed by atoms with Gasteiger partial charge in [0.1, 0.15) is 0 Å². The average molecular weight is 564 g/mol. The Balaban J connectivity index is 1.13. The van der Waals surface area contributed by atoms with Crippen molar-refractivity contribution in [1.29, 1.82) is 0 Å². The van der Waals surface area contributed by atoms with Crippen molar-refractivity contribution in [3.63, 3.8) is 0 Å². The molecule has 0 spiro atoms. The molecule has 7 aromatic rings. The highest BCUT2D eigenvalue weighted by atomic mass is 14.9. The van der Waals surface area contributed by atoms with Gasteiger partial charge in [-0.3, -0.25) is 0 Å². The van der Waals surface area contributed by atoms with Crippen LogP contribution in [0.2, 0.25) is 0 Å². The van der Waals surface area contributed by atoms with Gasteiger partial charge in [-0.15, -0.1) is 0 Å². The summed E-state index contributed by atoms with van der Waals surface area (Å²) in [6.07, 6.45) is 0. The van der Waals surface area contributed by atoms with Gasteiger partial charge in [0.05, 0.1) is 0 Å². The Kier molecular flexibility index (Phi) is 6.20. The molecule has 0 heterocycles. The lowest BCUT2D eigenvalue weighted by Gasteiger charge is -2.21. The van der Waals surface area contributed by atoms with Crippen LogP contribution in [0, 0.1) is 0 Å². The molecular formula is C43H33N. The molecule has 0 saturated heterocycles. The van der Waals surface area contributed by atoms with E-state index in [2.05, 4.69) is 177 Å². The molecule has 0 unspecified atom stereocenters. The van der Waals surface area contributed by atoms with Gasteiger partial charge in [-0.05, 0) is 90.7 Å². The molecule has 7 aromatic carbocycles. The first-order chi connectivity index (χ1) is 21.6. The highest BCUT2D eigenvalue weighted by Gasteiger charge is 2.36. The van der Waals surface area contributed by atoms with Crippen LogP contribution in [0.4, 0.5) is 11.4 Å². The minimum absolute atomic E-state index is 0.00845. The standard InChI is InChI=1S/C43H33N/c1-43(2)39-22-7-6-18-38(39)42-37(21-11-23-40(42)43)32-16-8-17-34(28-32)44-33-26-24-30(25-27-33)36-20-10-15-31-14-9-19-35(41(31)36)29-12-4-3-5-13-29/h3-28,44H,1-2H3. The van der Waals surface area contributed by atoms with Crippen LogP contribution < -0.4 is 5.32 Å². The quantitative estimate of drug-likeness (QED) is 0.220. The fraction of sp³-hybridized carbons (Fsp3) is 0.0698. The summed E-state index contributed by atoms with van der Waals surface area (Å²) >= 11 is 0. The Morgan fingerprint density at radius 1 is 0.409 bits per heavy atom. The fourth-order valence-electron chi connectivity index (χ4n) is 7.10. The lowest BCUT2D eigenvalue weighted by Crippen LogP contribution is -2.14. The second-order valence-corrected chi connectivity index (χ2v) is 12.3. The Labute approximate surface area is 259 Å². The van der Waals surface area contributed by atoms with E-state index >= 15 is 0 Å². The summed E-state index contributed by atoms with van der Waals surface area (Å²) in [5.41, 5.74) is 15.1. The van der Waals surface area contributed by atoms with Crippen LogP contribution in [-0.2, 0) is 5.41 Å². The molecule has 44 heavy (non-hydrogen) atoms. The molecule has 0 bridgehead atoms. The van der Waals surface area contributed by atoms with E-state index in [1.807, 2.05) is 0 Å². The number of fused-ring (bicyclic) bond motifs is 4. The van der Waals surface area contributed by atoms with Crippen LogP contribution in [0.5, 0.6) is 0 Å². The summed E-state index contributed by atoms with van der Waals surface area (Å²) in [7, 11) is 0. The molecule has 1 aliphatic rings. The first-order valence-electron chi connectivity index (χ1n) is 15.4. The van der Waals surface area contributed by atoms with Gasteiger partial charge in [-0.1, -0.05) is 147 Å². The van der Waals surface area contributed by atoms with Gasteiger partial charge in [-0.25, -0.2) is 0 Å². The van der Waals surface area contributed by atoms with Crippen LogP contribution in [0.25, 0.3) is 55.3 Å². The zero-order valence-electron chi connectivity index (χ0n) is 25.0. The number of nitrogens with one attached hydrogen (secondary N) is 1. The van der Waals surface area contributed by atoms with E-state index in [0.29, 0.717) is 0 Å². The number of benzene rings is 7. The van der Waals surface area contributed by atoms with Crippen LogP contribution in [0.3, 0.4) is 0 Å². The smallest absolute Gasteiger partial charge is 0.0390 e. The third kappa shape index (κ3) is 4.32. The molecule has 0 aromatic heterocycles. The van der Waals surface area contributed by atoms with E-state index in [4.69, 9.17) is 0 Å². The van der Waals surface area contributed by atoms with E-state index in [9.17, 15) is 0 Å². The number of hydrogen-bond donors (Lipinski definition) is 1. The van der Waals surface area contributed by atoms with Crippen molar-refractivity contribution in [3.05, 3.63) is 169 Å². The van der Waals surface area contributed by atoms with Crippen molar-refractivity contribution >= 4 is 22.1 Å². The molecule has 1 heteroatoms. The van der Waals surface area contributed by atoms with Gasteiger partial charge < -0.3 is 5.32 Å². The predicted octanol–water partition coefficient (Wildman–Crippen LogP) is 11.9. The second kappa shape index (κ2) is 10.4. The molecule has 0 radical (unpaired) electrons. The SMILES string of the molecule is CC1(C)c2ccccc2-c2c(-c3cccc(Nc4ccc(-c5cccc6cccc(-c7ccccc7)c56)cc4)c3)cccc21. The van der Waals surface area contributed by atoms with Gasteiger partial charge in [0, 0.05) is 16.8 Å². The average Bonchev–Trinajstić information content (AvgIpc) is 3.31. The van der Waals surface area contributed by atoms with Gasteiger partial charge in [-0.2, -0.15) is 0 Å². The maximum absolute atomic E-state index is 3.67. The summed E-state index contributed by atoms with van der Waals surface area (Å²) in [5, 5.41) is 6.21. The molecule has 210 valence electrons. The predicted molar refractivity (Wildman–Crippen MR) is 188 cm³/mol. The molecule has 1 N–H and O–H groups in total. The Morgan fingerprint density at radius 2 is 0.977 bits per heavy atom. The fourth-order valence-corrected chi connectivity index (χ4v) is 7.10. The largest absolute Gasteiger partial charge is 0.356 e. The first-order valence-corrected chi connectivity index (χ1v) is 15.4. The van der Waals surface area contributed by atoms with Crippen molar-refractivity contribution in [2.24, 2.45) is 0 Å². The van der Waals surface area contributed by atoms with Gasteiger partial charge in [0.25, 0.3) is 0 Å². The first kappa shape index (κ1) is 26.2. The van der Waals surface area contributed by atoms with Crippen molar-refractivity contribution in [3.8, 4) is 44.5 Å². The lowest BCUT2D eigenvalue weighted by atomic mass is 9.82. The van der Waals surface area contributed by atoms with Gasteiger partial charge >= 0.3 is 0 Å². The van der Waals surface area contributed by atoms with Crippen molar-refractivity contribution in [1.82, 2.24) is 0 Å². The van der Waals surface area contributed by atoms with Crippen LogP contribution in [0.1, 0.15) is 25.0 Å². The monoisotopic (exact) mass is 563 g/mol. The minimum atomic E-state index is -0.00845. The molecule has 0 fully saturated rings. The summed E-state index contributed by atoms with van der Waals surface area (Å²) in [6, 6.07) is 57.1. The Bertz CT molecular complexity index is 2150. The zero-order chi connectivity index (χ0) is 29.7. The Morgan fingerprint density at radius 3 is 1.75 bits per heavy atom. The summed E-state index contributed by atoms with van der Waals surface area (Å²) in [5.74, 6) is 0. The van der Waals surface area contributed by atoms with Crippen molar-refractivity contribution in [2.45, 2.75) is 19.3 Å².